The summed E-state index contributed by atoms with van der Waals surface area (Å²) in [5, 5.41) is 3.03. The van der Waals surface area contributed by atoms with Crippen LogP contribution < -0.4 is 11.1 Å². The van der Waals surface area contributed by atoms with E-state index < -0.39 is 66.0 Å². The summed E-state index contributed by atoms with van der Waals surface area (Å²) in [6, 6.07) is 1.44. The van der Waals surface area contributed by atoms with Gasteiger partial charge in [0.05, 0.1) is 5.41 Å². The minimum atomic E-state index is -3.21. The van der Waals surface area contributed by atoms with Crippen molar-refractivity contribution in [2.75, 3.05) is 18.8 Å². The molecule has 2 aliphatic heterocycles. The highest BCUT2D eigenvalue weighted by Gasteiger charge is 2.58. The number of carbonyl (C=O) groups is 4. The van der Waals surface area contributed by atoms with Crippen LogP contribution in [0.2, 0.25) is 5.02 Å². The molecule has 11 heteroatoms. The molecule has 1 aromatic carbocycles. The molecule has 1 fully saturated rings. The van der Waals surface area contributed by atoms with Crippen molar-refractivity contribution in [3.05, 3.63) is 28.8 Å². The number of carbonyl (C=O) groups excluding carboxylic acids is 4. The molecule has 0 radical (unpaired) electrons. The van der Waals surface area contributed by atoms with Crippen LogP contribution in [0.4, 0.5) is 14.9 Å². The molecule has 0 bridgehead atoms. The highest BCUT2D eigenvalue weighted by molar-refractivity contribution is 6.31. The topological polar surface area (TPSA) is 122 Å². The van der Waals surface area contributed by atoms with Crippen molar-refractivity contribution in [1.82, 2.24) is 9.80 Å². The summed E-state index contributed by atoms with van der Waals surface area (Å²) in [6.07, 6.45) is -2.30. The van der Waals surface area contributed by atoms with Gasteiger partial charge in [-0.2, -0.15) is 0 Å². The van der Waals surface area contributed by atoms with Crippen molar-refractivity contribution in [2.45, 2.75) is 76.2 Å². The zero-order chi connectivity index (χ0) is 29.0. The molecule has 3 atom stereocenters. The minimum absolute atomic E-state index is 0.209. The van der Waals surface area contributed by atoms with Crippen molar-refractivity contribution < 1.29 is 32.4 Å². The largest absolute Gasteiger partial charge is 0.444 e. The summed E-state index contributed by atoms with van der Waals surface area (Å²) in [5.41, 5.74) is 1.85. The number of hydrogen-bond donors (Lipinski definition) is 2. The van der Waals surface area contributed by atoms with Gasteiger partial charge in [0.2, 0.25) is 17.7 Å². The van der Waals surface area contributed by atoms with E-state index >= 15 is 0 Å². The van der Waals surface area contributed by atoms with Crippen LogP contribution in [0.1, 0.15) is 57.1 Å². The average molecular weight is 514 g/mol. The molecular weight excluding hydrogens is 479 g/mol. The van der Waals surface area contributed by atoms with E-state index in [4.69, 9.17) is 26.2 Å². The highest BCUT2D eigenvalue weighted by atomic mass is 35.5. The summed E-state index contributed by atoms with van der Waals surface area (Å²) in [5.74, 6) is -2.50. The van der Waals surface area contributed by atoms with Crippen LogP contribution in [0.5, 0.6) is 0 Å². The normalized spacial score (nSPS) is 24.2. The Bertz CT molecular complexity index is 1170. The van der Waals surface area contributed by atoms with E-state index in [1.165, 1.54) is 20.8 Å². The second-order valence-electron chi connectivity index (χ2n) is 10.6. The van der Waals surface area contributed by atoms with Gasteiger partial charge in [0, 0.05) is 34.8 Å². The number of amides is 4. The van der Waals surface area contributed by atoms with Gasteiger partial charge in [-0.05, 0) is 64.8 Å². The van der Waals surface area contributed by atoms with E-state index in [1.54, 1.807) is 18.2 Å². The minimum Gasteiger partial charge on any atom is -0.444 e. The molecule has 4 amide bonds. The van der Waals surface area contributed by atoms with Crippen molar-refractivity contribution in [3.8, 4) is 0 Å². The number of benzene rings is 1. The SMILES string of the molecule is [2H]C([2H])([2H])N(C(=O)OC(C)(C)C)[C@@H](CC(C)(C)F)C(=O)N1C[C@]2(C[C@H]1C(N)=O)C(=O)Nc1ccc(Cl)cc12. The second kappa shape index (κ2) is 8.96. The van der Waals surface area contributed by atoms with Crippen LogP contribution in [0.15, 0.2) is 18.2 Å². The summed E-state index contributed by atoms with van der Waals surface area (Å²) in [6.45, 7) is 3.19. The number of rotatable bonds is 5. The standard InChI is InChI=1S/C24H32ClFN4O5/c1-22(2,3)35-21(34)29(6)17(10-23(4,5)26)19(32)30-12-24(11-16(30)18(27)31)14-9-13(25)7-8-15(14)28-20(24)33/h7-9,16-17H,10-12H2,1-6H3,(H2,27,31)(H,28,33)/t16-,17-,24-/m0/s1/i6D3. The van der Waals surface area contributed by atoms with Gasteiger partial charge in [-0.3, -0.25) is 19.3 Å². The number of anilines is 1. The molecule has 3 rings (SSSR count). The lowest BCUT2D eigenvalue weighted by atomic mass is 9.79. The van der Waals surface area contributed by atoms with Gasteiger partial charge in [0.15, 0.2) is 0 Å². The van der Waals surface area contributed by atoms with E-state index in [2.05, 4.69) is 5.32 Å². The molecular formula is C24H32ClFN4O5. The van der Waals surface area contributed by atoms with Gasteiger partial charge < -0.3 is 20.7 Å². The maximum Gasteiger partial charge on any atom is 0.410 e. The lowest BCUT2D eigenvalue weighted by Crippen LogP contribution is -2.55. The Hall–Kier alpha value is -2.88. The van der Waals surface area contributed by atoms with E-state index in [1.807, 2.05) is 0 Å². The smallest absolute Gasteiger partial charge is 0.410 e. The number of nitrogens with zero attached hydrogens (tertiary/aromatic N) is 2. The average Bonchev–Trinajstić information content (AvgIpc) is 3.24. The first kappa shape index (κ1) is 22.6. The number of hydrogen-bond acceptors (Lipinski definition) is 5. The van der Waals surface area contributed by atoms with Crippen LogP contribution in [-0.4, -0.2) is 70.5 Å². The molecule has 3 N–H and O–H groups in total. The third-order valence-corrected chi connectivity index (χ3v) is 6.25. The van der Waals surface area contributed by atoms with Gasteiger partial charge in [0.25, 0.3) is 0 Å². The Morgan fingerprint density at radius 1 is 1.37 bits per heavy atom. The van der Waals surface area contributed by atoms with Crippen molar-refractivity contribution >= 4 is 41.1 Å². The number of primary amides is 1. The quantitative estimate of drug-likeness (QED) is 0.626. The molecule has 1 saturated heterocycles. The summed E-state index contributed by atoms with van der Waals surface area (Å²) >= 11 is 6.16. The molecule has 1 aromatic rings. The number of ether oxygens (including phenoxy) is 1. The van der Waals surface area contributed by atoms with Crippen LogP contribution in [0, 0.1) is 0 Å². The molecule has 0 aliphatic carbocycles. The van der Waals surface area contributed by atoms with Crippen LogP contribution in [-0.2, 0) is 24.5 Å². The third-order valence-electron chi connectivity index (χ3n) is 6.02. The zero-order valence-electron chi connectivity index (χ0n) is 23.3. The maximum absolute atomic E-state index is 15.0. The van der Waals surface area contributed by atoms with Crippen LogP contribution in [0.3, 0.4) is 0 Å². The third kappa shape index (κ3) is 5.37. The fourth-order valence-electron chi connectivity index (χ4n) is 4.52. The Kier molecular flexibility index (Phi) is 5.78. The molecule has 192 valence electrons. The maximum atomic E-state index is 15.0. The van der Waals surface area contributed by atoms with Gasteiger partial charge in [0.1, 0.15) is 23.4 Å². The monoisotopic (exact) mass is 513 g/mol. The predicted octanol–water partition coefficient (Wildman–Crippen LogP) is 2.99. The van der Waals surface area contributed by atoms with Gasteiger partial charge in [-0.1, -0.05) is 11.6 Å². The number of halogens is 2. The van der Waals surface area contributed by atoms with Gasteiger partial charge in [-0.25, -0.2) is 9.18 Å². The molecule has 1 spiro atoms. The number of likely N-dealkylation sites (tertiary alicyclic amines) is 1. The number of nitrogens with two attached hydrogens (primary N) is 1. The Balaban J connectivity index is 2.11. The van der Waals surface area contributed by atoms with E-state index in [0.717, 1.165) is 18.7 Å². The van der Waals surface area contributed by atoms with E-state index in [9.17, 15) is 23.6 Å². The highest BCUT2D eigenvalue weighted by Crippen LogP contribution is 2.47. The lowest BCUT2D eigenvalue weighted by molar-refractivity contribution is -0.142. The summed E-state index contributed by atoms with van der Waals surface area (Å²) in [7, 11) is 0. The lowest BCUT2D eigenvalue weighted by Gasteiger charge is -2.35. The molecule has 9 nitrogen and oxygen atoms in total. The van der Waals surface area contributed by atoms with Crippen molar-refractivity contribution in [3.63, 3.8) is 0 Å². The van der Waals surface area contributed by atoms with Crippen molar-refractivity contribution in [1.29, 1.82) is 0 Å². The van der Waals surface area contributed by atoms with Gasteiger partial charge in [-0.15, -0.1) is 0 Å². The number of fused-ring (bicyclic) bond motifs is 2. The van der Waals surface area contributed by atoms with Gasteiger partial charge >= 0.3 is 6.09 Å². The Labute approximate surface area is 213 Å². The molecule has 0 aromatic heterocycles. The van der Waals surface area contributed by atoms with E-state index in [-0.39, 0.29) is 17.9 Å². The molecule has 2 heterocycles. The first-order valence-corrected chi connectivity index (χ1v) is 11.5. The zero-order valence-corrected chi connectivity index (χ0v) is 21.0. The number of alkyl halides is 1. The summed E-state index contributed by atoms with van der Waals surface area (Å²) in [4.78, 5) is 53.9. The second-order valence-corrected chi connectivity index (χ2v) is 11.0. The fourth-order valence-corrected chi connectivity index (χ4v) is 4.69. The summed E-state index contributed by atoms with van der Waals surface area (Å²) < 4.78 is 44.1. The molecule has 0 saturated carbocycles. The molecule has 35 heavy (non-hydrogen) atoms. The van der Waals surface area contributed by atoms with E-state index in [0.29, 0.717) is 16.3 Å². The number of nitrogens with one attached hydrogen (secondary N) is 1. The fraction of sp³-hybridized carbons (Fsp3) is 0.583. The molecule has 2 aliphatic rings. The Morgan fingerprint density at radius 2 is 2.03 bits per heavy atom. The predicted molar refractivity (Wildman–Crippen MR) is 129 cm³/mol. The molecule has 0 unspecified atom stereocenters. The van der Waals surface area contributed by atoms with Crippen LogP contribution >= 0.6 is 11.6 Å². The Morgan fingerprint density at radius 3 is 2.57 bits per heavy atom. The first-order chi connectivity index (χ1) is 17.2. The van der Waals surface area contributed by atoms with Crippen molar-refractivity contribution in [2.24, 2.45) is 5.73 Å². The first-order valence-electron chi connectivity index (χ1n) is 12.6. The van der Waals surface area contributed by atoms with Crippen LogP contribution in [0.25, 0.3) is 0 Å². The number of likely N-dealkylation sites (N-methyl/N-ethyl adjacent to an activating group) is 1.